The zero-order valence-corrected chi connectivity index (χ0v) is 16.4. The third kappa shape index (κ3) is 4.25. The Bertz CT molecular complexity index is 1160. The van der Waals surface area contributed by atoms with Crippen LogP contribution in [0.25, 0.3) is 11.0 Å². The molecule has 0 spiro atoms. The maximum absolute atomic E-state index is 14.2. The first-order valence-corrected chi connectivity index (χ1v) is 9.56. The molecule has 1 amide bonds. The van der Waals surface area contributed by atoms with Gasteiger partial charge in [0.1, 0.15) is 11.6 Å². The lowest BCUT2D eigenvalue weighted by Crippen LogP contribution is -2.48. The molecule has 4 rings (SSSR count). The molecule has 3 N–H and O–H groups in total. The van der Waals surface area contributed by atoms with E-state index in [1.165, 1.54) is 12.3 Å². The lowest BCUT2D eigenvalue weighted by Gasteiger charge is -2.42. The van der Waals surface area contributed by atoms with Gasteiger partial charge < -0.3 is 20.2 Å². The van der Waals surface area contributed by atoms with E-state index in [1.807, 2.05) is 0 Å². The van der Waals surface area contributed by atoms with Gasteiger partial charge in [0.25, 0.3) is 5.91 Å². The number of carbonyl (C=O) groups excluding carboxylic acids is 1. The molecule has 7 nitrogen and oxygen atoms in total. The predicted octanol–water partition coefficient (Wildman–Crippen LogP) is 3.10. The fraction of sp³-hybridized carbons (Fsp3) is 0.350. The lowest BCUT2D eigenvalue weighted by molar-refractivity contribution is -0.196. The molecule has 0 radical (unpaired) electrons. The van der Waals surface area contributed by atoms with Crippen molar-refractivity contribution in [3.63, 3.8) is 0 Å². The molecule has 31 heavy (non-hydrogen) atoms. The summed E-state index contributed by atoms with van der Waals surface area (Å²) >= 11 is 0. The summed E-state index contributed by atoms with van der Waals surface area (Å²) in [5.74, 6) is -2.16. The van der Waals surface area contributed by atoms with Gasteiger partial charge in [0.2, 0.25) is 0 Å². The van der Waals surface area contributed by atoms with Gasteiger partial charge in [-0.1, -0.05) is 6.07 Å². The molecule has 0 bridgehead atoms. The molecule has 1 fully saturated rings. The van der Waals surface area contributed by atoms with E-state index in [0.717, 1.165) is 6.07 Å². The Labute approximate surface area is 173 Å². The topological polar surface area (TPSA) is 93.9 Å². The van der Waals surface area contributed by atoms with Crippen LogP contribution in [0.5, 0.6) is 0 Å². The summed E-state index contributed by atoms with van der Waals surface area (Å²) in [6.45, 7) is 0.0799. The van der Waals surface area contributed by atoms with Crippen LogP contribution in [0.15, 0.2) is 35.3 Å². The maximum atomic E-state index is 14.2. The first kappa shape index (κ1) is 20.9. The van der Waals surface area contributed by atoms with Crippen LogP contribution in [0.1, 0.15) is 28.8 Å². The molecule has 1 saturated carbocycles. The first-order valence-electron chi connectivity index (χ1n) is 9.56. The molecule has 1 aliphatic carbocycles. The molecular weight excluding hydrogens is 418 g/mol. The van der Waals surface area contributed by atoms with Gasteiger partial charge in [0.05, 0.1) is 22.5 Å². The summed E-state index contributed by atoms with van der Waals surface area (Å²) in [6, 6.07) is 5.46. The van der Waals surface area contributed by atoms with Gasteiger partial charge in [-0.25, -0.2) is 14.2 Å². The summed E-state index contributed by atoms with van der Waals surface area (Å²) in [5.41, 5.74) is 0.504. The molecule has 1 aromatic carbocycles. The van der Waals surface area contributed by atoms with Crippen LogP contribution in [-0.4, -0.2) is 40.1 Å². The lowest BCUT2D eigenvalue weighted by atomic mass is 9.79. The van der Waals surface area contributed by atoms with E-state index in [1.54, 1.807) is 24.1 Å². The molecule has 0 unspecified atom stereocenters. The van der Waals surface area contributed by atoms with E-state index in [-0.39, 0.29) is 36.5 Å². The highest BCUT2D eigenvalue weighted by atomic mass is 19.4. The van der Waals surface area contributed by atoms with Crippen LogP contribution < -0.4 is 15.9 Å². The molecule has 0 aliphatic heterocycles. The van der Waals surface area contributed by atoms with E-state index < -0.39 is 29.5 Å². The second-order valence-electron chi connectivity index (χ2n) is 7.64. The molecule has 11 heteroatoms. The number of anilines is 1. The highest BCUT2D eigenvalue weighted by Crippen LogP contribution is 2.43. The zero-order chi connectivity index (χ0) is 22.3. The number of nitrogens with zero attached hydrogens (tertiary/aromatic N) is 2. The minimum absolute atomic E-state index is 0.0435. The number of hydrogen-bond donors (Lipinski definition) is 3. The van der Waals surface area contributed by atoms with Crippen molar-refractivity contribution in [2.24, 2.45) is 5.92 Å². The summed E-state index contributed by atoms with van der Waals surface area (Å²) in [5, 5.41) is 2.58. The van der Waals surface area contributed by atoms with Gasteiger partial charge in [0.15, 0.2) is 0 Å². The fourth-order valence-electron chi connectivity index (χ4n) is 3.60. The van der Waals surface area contributed by atoms with Gasteiger partial charge in [-0.2, -0.15) is 13.2 Å². The number of alkyl halides is 3. The predicted molar refractivity (Wildman–Crippen MR) is 105 cm³/mol. The summed E-state index contributed by atoms with van der Waals surface area (Å²) in [4.78, 5) is 34.5. The van der Waals surface area contributed by atoms with Gasteiger partial charge in [-0.15, -0.1) is 0 Å². The normalized spacial score (nSPS) is 18.6. The van der Waals surface area contributed by atoms with Crippen molar-refractivity contribution in [3.05, 3.63) is 57.9 Å². The van der Waals surface area contributed by atoms with Gasteiger partial charge in [-0.05, 0) is 30.5 Å². The third-order valence-electron chi connectivity index (χ3n) is 5.60. The number of aromatic amines is 2. The zero-order valence-electron chi connectivity index (χ0n) is 16.4. The number of aromatic nitrogens is 3. The number of H-pyrrole nitrogens is 2. The number of hydrogen-bond acceptors (Lipinski definition) is 4. The highest BCUT2D eigenvalue weighted by molar-refractivity contribution is 5.97. The number of nitrogens with one attached hydrogen (secondary N) is 3. The Balaban J connectivity index is 1.36. The largest absolute Gasteiger partial charge is 0.391 e. The van der Waals surface area contributed by atoms with Crippen LogP contribution in [-0.2, 0) is 6.54 Å². The Hall–Kier alpha value is -3.37. The first-order chi connectivity index (χ1) is 14.6. The number of halogens is 4. The van der Waals surface area contributed by atoms with Crippen LogP contribution >= 0.6 is 0 Å². The van der Waals surface area contributed by atoms with Gasteiger partial charge in [0, 0.05) is 31.9 Å². The van der Waals surface area contributed by atoms with E-state index >= 15 is 0 Å². The average molecular weight is 437 g/mol. The van der Waals surface area contributed by atoms with Crippen LogP contribution in [0.3, 0.4) is 0 Å². The number of rotatable bonds is 5. The van der Waals surface area contributed by atoms with Crippen molar-refractivity contribution < 1.29 is 22.4 Å². The van der Waals surface area contributed by atoms with E-state index in [9.17, 15) is 27.2 Å². The summed E-state index contributed by atoms with van der Waals surface area (Å²) < 4.78 is 52.2. The van der Waals surface area contributed by atoms with Crippen molar-refractivity contribution >= 4 is 22.8 Å². The van der Waals surface area contributed by atoms with Crippen molar-refractivity contribution in [1.82, 2.24) is 20.3 Å². The molecule has 2 aromatic heterocycles. The second kappa shape index (κ2) is 7.71. The van der Waals surface area contributed by atoms with Gasteiger partial charge in [-0.3, -0.25) is 4.79 Å². The maximum Gasteiger partial charge on any atom is 0.391 e. The number of fused-ring (bicyclic) bond motifs is 1. The van der Waals surface area contributed by atoms with E-state index in [0.29, 0.717) is 16.9 Å². The number of amides is 1. The number of pyridine rings is 1. The third-order valence-corrected chi connectivity index (χ3v) is 5.60. The number of benzene rings is 1. The van der Waals surface area contributed by atoms with Crippen molar-refractivity contribution in [1.29, 1.82) is 0 Å². The van der Waals surface area contributed by atoms with Gasteiger partial charge >= 0.3 is 11.9 Å². The monoisotopic (exact) mass is 437 g/mol. The Kier molecular flexibility index (Phi) is 5.19. The molecule has 1 aliphatic rings. The Morgan fingerprint density at radius 1 is 1.23 bits per heavy atom. The highest BCUT2D eigenvalue weighted by Gasteiger charge is 2.49. The second-order valence-corrected chi connectivity index (χ2v) is 7.64. The fourth-order valence-corrected chi connectivity index (χ4v) is 3.60. The summed E-state index contributed by atoms with van der Waals surface area (Å²) in [6.07, 6.45) is -2.56. The number of carbonyl (C=O) groups is 1. The SMILES string of the molecule is CN(c1ccc(CNC(=O)c2cc3[nH]c(=O)[nH]c3cc2F)cn1)C1CC(C(F)(F)F)C1. The summed E-state index contributed by atoms with van der Waals surface area (Å²) in [7, 11) is 1.70. The number of imidazole rings is 1. The standard InChI is InChI=1S/C20H19F4N5O2/c1-29(12-4-11(5-12)20(22,23)24)17-3-2-10(8-25-17)9-26-18(30)13-6-15-16(7-14(13)21)28-19(31)27-15/h2-3,6-8,11-12H,4-5,9H2,1H3,(H,26,30)(H2,27,28,31). The molecule has 3 aromatic rings. The average Bonchev–Trinajstić information content (AvgIpc) is 3.02. The van der Waals surface area contributed by atoms with Crippen LogP contribution in [0.2, 0.25) is 0 Å². The quantitative estimate of drug-likeness (QED) is 0.535. The molecule has 0 atom stereocenters. The van der Waals surface area contributed by atoms with Crippen LogP contribution in [0.4, 0.5) is 23.4 Å². The van der Waals surface area contributed by atoms with Crippen molar-refractivity contribution in [2.75, 3.05) is 11.9 Å². The Morgan fingerprint density at radius 3 is 2.52 bits per heavy atom. The smallest absolute Gasteiger partial charge is 0.357 e. The van der Waals surface area contributed by atoms with E-state index in [2.05, 4.69) is 20.3 Å². The minimum atomic E-state index is -4.16. The minimum Gasteiger partial charge on any atom is -0.357 e. The molecule has 164 valence electrons. The molecule has 2 heterocycles. The van der Waals surface area contributed by atoms with Crippen molar-refractivity contribution in [3.8, 4) is 0 Å². The molecular formula is C20H19F4N5O2. The van der Waals surface area contributed by atoms with Crippen LogP contribution in [0, 0.1) is 11.7 Å². The van der Waals surface area contributed by atoms with E-state index in [4.69, 9.17) is 0 Å². The Morgan fingerprint density at radius 2 is 1.90 bits per heavy atom. The molecule has 0 saturated heterocycles. The van der Waals surface area contributed by atoms with Crippen molar-refractivity contribution in [2.45, 2.75) is 31.6 Å².